The molecule has 1 N–H and O–H groups in total. The highest BCUT2D eigenvalue weighted by Crippen LogP contribution is 2.21. The summed E-state index contributed by atoms with van der Waals surface area (Å²) in [5.41, 5.74) is 1.08. The Morgan fingerprint density at radius 1 is 1.03 bits per heavy atom. The number of hydrogen-bond acceptors (Lipinski definition) is 6. The summed E-state index contributed by atoms with van der Waals surface area (Å²) < 4.78 is 19.1. The largest absolute Gasteiger partial charge is 0.494 e. The maximum absolute atomic E-state index is 11.9. The zero-order valence-corrected chi connectivity index (χ0v) is 21.3. The van der Waals surface area contributed by atoms with Crippen molar-refractivity contribution in [3.63, 3.8) is 0 Å². The third kappa shape index (κ3) is 7.83. The molecule has 1 aliphatic heterocycles. The van der Waals surface area contributed by atoms with Crippen LogP contribution in [-0.4, -0.2) is 59.7 Å². The Balaban J connectivity index is 1.24. The molecule has 0 radical (unpaired) electrons. The Hall–Kier alpha value is -2.84. The van der Waals surface area contributed by atoms with Crippen molar-refractivity contribution in [2.45, 2.75) is 32.0 Å². The van der Waals surface area contributed by atoms with Crippen molar-refractivity contribution in [2.75, 3.05) is 39.5 Å². The Bertz CT molecular complexity index is 1170. The van der Waals surface area contributed by atoms with Crippen LogP contribution >= 0.6 is 11.6 Å². The highest BCUT2D eigenvalue weighted by molar-refractivity contribution is 6.30. The van der Waals surface area contributed by atoms with Gasteiger partial charge in [0.25, 0.3) is 5.56 Å². The Morgan fingerprint density at radius 3 is 2.53 bits per heavy atom. The molecule has 0 bridgehead atoms. The lowest BCUT2D eigenvalue weighted by molar-refractivity contribution is -0.0646. The molecule has 192 valence electrons. The van der Waals surface area contributed by atoms with E-state index in [1.54, 1.807) is 34.9 Å². The van der Waals surface area contributed by atoms with Crippen LogP contribution in [0.3, 0.4) is 0 Å². The van der Waals surface area contributed by atoms with E-state index in [0.29, 0.717) is 43.6 Å². The molecule has 2 aromatic carbocycles. The summed E-state index contributed by atoms with van der Waals surface area (Å²) >= 11 is 5.93. The summed E-state index contributed by atoms with van der Waals surface area (Å²) in [5, 5.41) is 11.8. The monoisotopic (exact) mass is 512 g/mol. The van der Waals surface area contributed by atoms with Gasteiger partial charge in [-0.15, -0.1) is 0 Å². The molecule has 1 fully saturated rings. The smallest absolute Gasteiger partial charge is 0.250 e. The topological polar surface area (TPSA) is 73.2 Å². The summed E-state index contributed by atoms with van der Waals surface area (Å²) in [7, 11) is 0. The fourth-order valence-electron chi connectivity index (χ4n) is 4.17. The molecule has 36 heavy (non-hydrogen) atoms. The molecular weight excluding hydrogens is 480 g/mol. The van der Waals surface area contributed by atoms with Gasteiger partial charge in [-0.1, -0.05) is 29.8 Å². The van der Waals surface area contributed by atoms with Crippen molar-refractivity contribution in [1.29, 1.82) is 0 Å². The fraction of sp³-hybridized carbons (Fsp3) is 0.393. The molecule has 8 heteroatoms. The van der Waals surface area contributed by atoms with Crippen LogP contribution in [0.2, 0.25) is 5.02 Å². The second-order valence-corrected chi connectivity index (χ2v) is 9.75. The second kappa shape index (κ2) is 12.4. The molecule has 3 aromatic rings. The van der Waals surface area contributed by atoms with Crippen molar-refractivity contribution < 1.29 is 19.3 Å². The van der Waals surface area contributed by atoms with Gasteiger partial charge in [-0.2, -0.15) is 0 Å². The van der Waals surface area contributed by atoms with Crippen molar-refractivity contribution in [3.8, 4) is 11.5 Å². The van der Waals surface area contributed by atoms with Crippen LogP contribution in [0.15, 0.2) is 71.7 Å². The van der Waals surface area contributed by atoms with Crippen LogP contribution in [0, 0.1) is 6.92 Å². The standard InChI is InChI=1S/C28H33ClN2O5/c1-22-3-12-27(32)31(17-22)13-2-15-35-25-8-4-23(5-9-25)18-30-14-16-34-20-28(33,19-30)21-36-26-10-6-24(29)7-11-26/h3-12,17,33H,2,13-16,18-21H2,1H3/t28-/m0/s1. The third-order valence-corrected chi connectivity index (χ3v) is 6.29. The van der Waals surface area contributed by atoms with Gasteiger partial charge in [-0.25, -0.2) is 0 Å². The van der Waals surface area contributed by atoms with Crippen LogP contribution in [-0.2, 0) is 17.8 Å². The number of rotatable bonds is 10. The van der Waals surface area contributed by atoms with E-state index < -0.39 is 5.60 Å². The molecular formula is C28H33ClN2O5. The highest BCUT2D eigenvalue weighted by atomic mass is 35.5. The SMILES string of the molecule is Cc1ccc(=O)n(CCCOc2ccc(CN3CCOC[C@](O)(COc4ccc(Cl)cc4)C3)cc2)c1. The van der Waals surface area contributed by atoms with Gasteiger partial charge in [0.15, 0.2) is 0 Å². The van der Waals surface area contributed by atoms with Crippen molar-refractivity contribution in [3.05, 3.63) is 93.4 Å². The summed E-state index contributed by atoms with van der Waals surface area (Å²) in [4.78, 5) is 14.1. The molecule has 1 aromatic heterocycles. The average molecular weight is 513 g/mol. The second-order valence-electron chi connectivity index (χ2n) is 9.31. The maximum atomic E-state index is 11.9. The van der Waals surface area contributed by atoms with Crippen LogP contribution < -0.4 is 15.0 Å². The van der Waals surface area contributed by atoms with Gasteiger partial charge in [0.1, 0.15) is 23.7 Å². The van der Waals surface area contributed by atoms with Crippen molar-refractivity contribution in [1.82, 2.24) is 9.47 Å². The van der Waals surface area contributed by atoms with E-state index in [9.17, 15) is 9.90 Å². The number of hydrogen-bond donors (Lipinski definition) is 1. The number of ether oxygens (including phenoxy) is 3. The van der Waals surface area contributed by atoms with Crippen molar-refractivity contribution >= 4 is 11.6 Å². The lowest BCUT2D eigenvalue weighted by Gasteiger charge is -2.30. The Kier molecular flexibility index (Phi) is 9.04. The molecule has 1 saturated heterocycles. The highest BCUT2D eigenvalue weighted by Gasteiger charge is 2.33. The average Bonchev–Trinajstić information content (AvgIpc) is 3.05. The van der Waals surface area contributed by atoms with E-state index in [1.807, 2.05) is 43.5 Å². The minimum absolute atomic E-state index is 0.00676. The van der Waals surface area contributed by atoms with Gasteiger partial charge in [0.2, 0.25) is 0 Å². The van der Waals surface area contributed by atoms with Crippen LogP contribution in [0.5, 0.6) is 11.5 Å². The van der Waals surface area contributed by atoms with Gasteiger partial charge < -0.3 is 23.9 Å². The summed E-state index contributed by atoms with van der Waals surface area (Å²) in [6.45, 7) is 5.88. The van der Waals surface area contributed by atoms with Gasteiger partial charge in [0, 0.05) is 43.5 Å². The molecule has 2 heterocycles. The number of halogens is 1. The number of aryl methyl sites for hydroxylation is 2. The molecule has 1 aliphatic rings. The number of aromatic nitrogens is 1. The van der Waals surface area contributed by atoms with Crippen LogP contribution in [0.25, 0.3) is 0 Å². The molecule has 0 unspecified atom stereocenters. The van der Waals surface area contributed by atoms with E-state index in [1.165, 1.54) is 0 Å². The van der Waals surface area contributed by atoms with Crippen LogP contribution in [0.1, 0.15) is 17.5 Å². The molecule has 0 spiro atoms. The van der Waals surface area contributed by atoms with Gasteiger partial charge in [-0.05, 0) is 60.9 Å². The summed E-state index contributed by atoms with van der Waals surface area (Å²) in [6, 6.07) is 18.5. The predicted molar refractivity (Wildman–Crippen MR) is 140 cm³/mol. The zero-order chi connectivity index (χ0) is 25.4. The number of β-amino-alcohol motifs (C(OH)–C–C–N with tert-alkyl or cyclic N) is 1. The maximum Gasteiger partial charge on any atom is 0.250 e. The molecule has 0 aliphatic carbocycles. The molecule has 4 rings (SSSR count). The lowest BCUT2D eigenvalue weighted by atomic mass is 10.1. The first-order valence-electron chi connectivity index (χ1n) is 12.2. The minimum atomic E-state index is -1.11. The van der Waals surface area contributed by atoms with Crippen LogP contribution in [0.4, 0.5) is 0 Å². The summed E-state index contributed by atoms with van der Waals surface area (Å²) in [6.07, 6.45) is 2.62. The van der Waals surface area contributed by atoms with Crippen molar-refractivity contribution in [2.24, 2.45) is 0 Å². The molecule has 1 atom stereocenters. The Labute approximate surface area is 216 Å². The quantitative estimate of drug-likeness (QED) is 0.415. The minimum Gasteiger partial charge on any atom is -0.494 e. The molecule has 0 amide bonds. The summed E-state index contributed by atoms with van der Waals surface area (Å²) in [5.74, 6) is 1.45. The third-order valence-electron chi connectivity index (χ3n) is 6.03. The van der Waals surface area contributed by atoms with Gasteiger partial charge in [-0.3, -0.25) is 9.69 Å². The van der Waals surface area contributed by atoms with E-state index in [-0.39, 0.29) is 18.8 Å². The number of pyridine rings is 1. The number of aliphatic hydroxyl groups is 1. The Morgan fingerprint density at radius 2 is 1.75 bits per heavy atom. The lowest BCUT2D eigenvalue weighted by Crippen LogP contribution is -2.48. The zero-order valence-electron chi connectivity index (χ0n) is 20.6. The van der Waals surface area contributed by atoms with E-state index in [4.69, 9.17) is 25.8 Å². The number of benzene rings is 2. The van der Waals surface area contributed by atoms with E-state index >= 15 is 0 Å². The normalized spacial score (nSPS) is 18.5. The van der Waals surface area contributed by atoms with E-state index in [2.05, 4.69) is 4.90 Å². The first kappa shape index (κ1) is 26.2. The molecule has 7 nitrogen and oxygen atoms in total. The fourth-order valence-corrected chi connectivity index (χ4v) is 4.29. The predicted octanol–water partition coefficient (Wildman–Crippen LogP) is 3.92. The first-order valence-corrected chi connectivity index (χ1v) is 12.6. The number of nitrogens with zero attached hydrogens (tertiary/aromatic N) is 2. The molecule has 0 saturated carbocycles. The van der Waals surface area contributed by atoms with E-state index in [0.717, 1.165) is 29.8 Å². The van der Waals surface area contributed by atoms with Gasteiger partial charge in [0.05, 0.1) is 19.8 Å². The first-order chi connectivity index (χ1) is 17.4. The van der Waals surface area contributed by atoms with Gasteiger partial charge >= 0.3 is 0 Å².